The molecule has 1 heterocycles. The van der Waals surface area contributed by atoms with Crippen molar-refractivity contribution in [2.24, 2.45) is 5.92 Å². The van der Waals surface area contributed by atoms with Crippen molar-refractivity contribution in [1.82, 2.24) is 14.9 Å². The van der Waals surface area contributed by atoms with Gasteiger partial charge in [0.15, 0.2) is 0 Å². The van der Waals surface area contributed by atoms with E-state index in [1.54, 1.807) is 32.2 Å². The van der Waals surface area contributed by atoms with Crippen molar-refractivity contribution >= 4 is 16.9 Å². The van der Waals surface area contributed by atoms with E-state index >= 15 is 0 Å². The lowest BCUT2D eigenvalue weighted by Crippen LogP contribution is -2.36. The van der Waals surface area contributed by atoms with Gasteiger partial charge in [-0.05, 0) is 61.6 Å². The van der Waals surface area contributed by atoms with Crippen LogP contribution in [0.3, 0.4) is 0 Å². The molecule has 7 nitrogen and oxygen atoms in total. The lowest BCUT2D eigenvalue weighted by atomic mass is 10.0. The highest BCUT2D eigenvalue weighted by atomic mass is 16.5. The van der Waals surface area contributed by atoms with E-state index in [0.717, 1.165) is 24.2 Å². The summed E-state index contributed by atoms with van der Waals surface area (Å²) in [6.45, 7) is 2.18. The van der Waals surface area contributed by atoms with Gasteiger partial charge < -0.3 is 19.6 Å². The minimum atomic E-state index is -0.689. The zero-order chi connectivity index (χ0) is 20.5. The zero-order valence-corrected chi connectivity index (χ0v) is 16.4. The number of benzene rings is 2. The summed E-state index contributed by atoms with van der Waals surface area (Å²) in [6.07, 6.45) is 2.15. The Bertz CT molecular complexity index is 1170. The molecule has 2 N–H and O–H groups in total. The predicted molar refractivity (Wildman–Crippen MR) is 110 cm³/mol. The van der Waals surface area contributed by atoms with Gasteiger partial charge in [0.1, 0.15) is 5.75 Å². The molecule has 7 heteroatoms. The predicted octanol–water partition coefficient (Wildman–Crippen LogP) is 2.60. The molecule has 0 aliphatic heterocycles. The SMILES string of the molecule is CCn1c(=O)c(=O)[nH]c2cc(C(=O)NC(c3ccc(OC)cc3)C3CC3)ccc21. The molecular formula is C22H23N3O4. The van der Waals surface area contributed by atoms with Gasteiger partial charge >= 0.3 is 11.1 Å². The zero-order valence-electron chi connectivity index (χ0n) is 16.4. The number of nitrogens with one attached hydrogen (secondary N) is 2. The topological polar surface area (TPSA) is 93.2 Å². The van der Waals surface area contributed by atoms with E-state index < -0.39 is 11.1 Å². The lowest BCUT2D eigenvalue weighted by Gasteiger charge is -2.19. The fraction of sp³-hybridized carbons (Fsp3) is 0.318. The van der Waals surface area contributed by atoms with Crippen LogP contribution in [0.25, 0.3) is 11.0 Å². The van der Waals surface area contributed by atoms with E-state index in [4.69, 9.17) is 4.74 Å². The molecule has 1 fully saturated rings. The Morgan fingerprint density at radius 1 is 1.21 bits per heavy atom. The molecule has 1 aliphatic carbocycles. The fourth-order valence-corrected chi connectivity index (χ4v) is 3.67. The number of fused-ring (bicyclic) bond motifs is 1. The van der Waals surface area contributed by atoms with Crippen LogP contribution < -0.4 is 21.2 Å². The Hall–Kier alpha value is -3.35. The van der Waals surface area contributed by atoms with E-state index in [1.165, 1.54) is 4.57 Å². The molecule has 1 atom stereocenters. The van der Waals surface area contributed by atoms with Crippen LogP contribution in [0, 0.1) is 5.92 Å². The number of H-pyrrole nitrogens is 1. The van der Waals surface area contributed by atoms with E-state index in [2.05, 4.69) is 10.3 Å². The number of carbonyl (C=O) groups is 1. The maximum atomic E-state index is 12.9. The van der Waals surface area contributed by atoms with Gasteiger partial charge in [-0.2, -0.15) is 0 Å². The summed E-state index contributed by atoms with van der Waals surface area (Å²) < 4.78 is 6.62. The number of aromatic amines is 1. The van der Waals surface area contributed by atoms with Gasteiger partial charge in [0.05, 0.1) is 24.2 Å². The molecule has 29 heavy (non-hydrogen) atoms. The Morgan fingerprint density at radius 3 is 2.55 bits per heavy atom. The summed E-state index contributed by atoms with van der Waals surface area (Å²) in [6, 6.07) is 12.6. The van der Waals surface area contributed by atoms with Crippen LogP contribution in [0.15, 0.2) is 52.1 Å². The summed E-state index contributed by atoms with van der Waals surface area (Å²) >= 11 is 0. The van der Waals surface area contributed by atoms with Gasteiger partial charge in [0.2, 0.25) is 0 Å². The third-order valence-corrected chi connectivity index (χ3v) is 5.41. The molecule has 1 unspecified atom stereocenters. The van der Waals surface area contributed by atoms with Gasteiger partial charge in [-0.25, -0.2) is 0 Å². The smallest absolute Gasteiger partial charge is 0.316 e. The summed E-state index contributed by atoms with van der Waals surface area (Å²) in [7, 11) is 1.62. The molecule has 3 aromatic rings. The number of methoxy groups -OCH3 is 1. The summed E-state index contributed by atoms with van der Waals surface area (Å²) in [4.78, 5) is 39.4. The van der Waals surface area contributed by atoms with Crippen LogP contribution in [-0.4, -0.2) is 22.6 Å². The highest BCUT2D eigenvalue weighted by Crippen LogP contribution is 2.41. The number of ether oxygens (including phenoxy) is 1. The number of amides is 1. The number of aryl methyl sites for hydroxylation is 1. The monoisotopic (exact) mass is 393 g/mol. The minimum absolute atomic E-state index is 0.0762. The normalized spacial score (nSPS) is 14.6. The Labute approximate surface area is 167 Å². The molecule has 2 aromatic carbocycles. The number of carbonyl (C=O) groups excluding carboxylic acids is 1. The molecule has 1 amide bonds. The van der Waals surface area contributed by atoms with Gasteiger partial charge in [-0.3, -0.25) is 14.4 Å². The van der Waals surface area contributed by atoms with Gasteiger partial charge in [0.25, 0.3) is 5.91 Å². The quantitative estimate of drug-likeness (QED) is 0.630. The van der Waals surface area contributed by atoms with E-state index in [1.807, 2.05) is 24.3 Å². The van der Waals surface area contributed by atoms with Gasteiger partial charge in [-0.15, -0.1) is 0 Å². The second kappa shape index (κ2) is 7.58. The highest BCUT2D eigenvalue weighted by molar-refractivity contribution is 5.97. The molecule has 1 saturated carbocycles. The number of rotatable bonds is 6. The minimum Gasteiger partial charge on any atom is -0.497 e. The molecule has 0 radical (unpaired) electrons. The van der Waals surface area contributed by atoms with Gasteiger partial charge in [0, 0.05) is 12.1 Å². The Kier molecular flexibility index (Phi) is 4.96. The Balaban J connectivity index is 1.64. The maximum Gasteiger partial charge on any atom is 0.316 e. The Morgan fingerprint density at radius 2 is 1.93 bits per heavy atom. The largest absolute Gasteiger partial charge is 0.497 e. The molecule has 150 valence electrons. The first-order valence-electron chi connectivity index (χ1n) is 9.73. The second-order valence-corrected chi connectivity index (χ2v) is 7.30. The van der Waals surface area contributed by atoms with Crippen LogP contribution in [0.4, 0.5) is 0 Å². The fourth-order valence-electron chi connectivity index (χ4n) is 3.67. The van der Waals surface area contributed by atoms with Crippen molar-refractivity contribution in [2.75, 3.05) is 7.11 Å². The average Bonchev–Trinajstić information content (AvgIpc) is 3.58. The number of aromatic nitrogens is 2. The molecule has 4 rings (SSSR count). The number of hydrogen-bond acceptors (Lipinski definition) is 4. The van der Waals surface area contributed by atoms with Crippen LogP contribution in [0.1, 0.15) is 41.7 Å². The maximum absolute atomic E-state index is 12.9. The molecule has 0 bridgehead atoms. The van der Waals surface area contributed by atoms with Crippen molar-refractivity contribution < 1.29 is 9.53 Å². The number of nitrogens with zero attached hydrogens (tertiary/aromatic N) is 1. The van der Waals surface area contributed by atoms with E-state index in [-0.39, 0.29) is 11.9 Å². The lowest BCUT2D eigenvalue weighted by molar-refractivity contribution is 0.0932. The van der Waals surface area contributed by atoms with Crippen molar-refractivity contribution in [2.45, 2.75) is 32.4 Å². The third kappa shape index (κ3) is 3.68. The average molecular weight is 393 g/mol. The first-order chi connectivity index (χ1) is 14.0. The first-order valence-corrected chi connectivity index (χ1v) is 9.73. The third-order valence-electron chi connectivity index (χ3n) is 5.41. The summed E-state index contributed by atoms with van der Waals surface area (Å²) in [5, 5.41) is 3.13. The molecule has 0 saturated heterocycles. The molecule has 1 aliphatic rings. The van der Waals surface area contributed by atoms with Crippen molar-refractivity contribution in [3.8, 4) is 5.75 Å². The van der Waals surface area contributed by atoms with E-state index in [9.17, 15) is 14.4 Å². The van der Waals surface area contributed by atoms with Crippen LogP contribution >= 0.6 is 0 Å². The van der Waals surface area contributed by atoms with Crippen molar-refractivity contribution in [3.05, 3.63) is 74.3 Å². The highest BCUT2D eigenvalue weighted by Gasteiger charge is 2.33. The summed E-state index contributed by atoms with van der Waals surface area (Å²) in [5.41, 5.74) is 1.26. The standard InChI is InChI=1S/C22H23N3O4/c1-3-25-18-11-8-15(12-17(18)23-21(27)22(25)28)20(26)24-19(13-4-5-13)14-6-9-16(29-2)10-7-14/h6-13,19H,3-5H2,1-2H3,(H,23,27)(H,24,26). The first kappa shape index (κ1) is 19.0. The van der Waals surface area contributed by atoms with Crippen molar-refractivity contribution in [1.29, 1.82) is 0 Å². The molecule has 1 aromatic heterocycles. The van der Waals surface area contributed by atoms with Gasteiger partial charge in [-0.1, -0.05) is 12.1 Å². The van der Waals surface area contributed by atoms with Crippen LogP contribution in [-0.2, 0) is 6.54 Å². The van der Waals surface area contributed by atoms with Crippen LogP contribution in [0.5, 0.6) is 5.75 Å². The van der Waals surface area contributed by atoms with E-state index in [0.29, 0.717) is 29.1 Å². The molecule has 0 spiro atoms. The molecular weight excluding hydrogens is 370 g/mol. The summed E-state index contributed by atoms with van der Waals surface area (Å²) in [5.74, 6) is 0.975. The number of hydrogen-bond donors (Lipinski definition) is 2. The van der Waals surface area contributed by atoms with Crippen molar-refractivity contribution in [3.63, 3.8) is 0 Å². The van der Waals surface area contributed by atoms with Crippen LogP contribution in [0.2, 0.25) is 0 Å². The second-order valence-electron chi connectivity index (χ2n) is 7.30.